The SMILES string of the molecule is CC(CNC(=O)OCC1c2ccccc2-c2ccccc21)C(=O)N1CCCCC1C(=O)O. The monoisotopic (exact) mass is 436 g/mol. The van der Waals surface area contributed by atoms with Crippen molar-refractivity contribution >= 4 is 18.0 Å². The van der Waals surface area contributed by atoms with E-state index in [9.17, 15) is 19.5 Å². The van der Waals surface area contributed by atoms with Crippen molar-refractivity contribution in [3.63, 3.8) is 0 Å². The highest BCUT2D eigenvalue weighted by Crippen LogP contribution is 2.44. The van der Waals surface area contributed by atoms with E-state index in [-0.39, 0.29) is 25.0 Å². The Kier molecular flexibility index (Phi) is 6.44. The maximum Gasteiger partial charge on any atom is 0.407 e. The molecule has 32 heavy (non-hydrogen) atoms. The molecule has 2 aromatic rings. The van der Waals surface area contributed by atoms with Crippen molar-refractivity contribution < 1.29 is 24.2 Å². The van der Waals surface area contributed by atoms with Crippen molar-refractivity contribution in [2.75, 3.05) is 19.7 Å². The van der Waals surface area contributed by atoms with Gasteiger partial charge in [0.15, 0.2) is 0 Å². The highest BCUT2D eigenvalue weighted by molar-refractivity contribution is 5.85. The minimum Gasteiger partial charge on any atom is -0.480 e. The number of likely N-dealkylation sites (tertiary alicyclic amines) is 1. The van der Waals surface area contributed by atoms with Crippen LogP contribution in [0.1, 0.15) is 43.2 Å². The molecule has 168 valence electrons. The topological polar surface area (TPSA) is 95.9 Å². The predicted molar refractivity (Wildman–Crippen MR) is 119 cm³/mol. The summed E-state index contributed by atoms with van der Waals surface area (Å²) in [6.07, 6.45) is 1.47. The number of hydrogen-bond donors (Lipinski definition) is 2. The van der Waals surface area contributed by atoms with Gasteiger partial charge in [0.2, 0.25) is 5.91 Å². The molecule has 0 saturated carbocycles. The molecule has 2 aromatic carbocycles. The van der Waals surface area contributed by atoms with Crippen LogP contribution < -0.4 is 5.32 Å². The summed E-state index contributed by atoms with van der Waals surface area (Å²) >= 11 is 0. The number of carboxylic acids is 1. The number of carbonyl (C=O) groups is 3. The summed E-state index contributed by atoms with van der Waals surface area (Å²) in [5.74, 6) is -1.79. The minimum absolute atomic E-state index is 0.0307. The number of piperidine rings is 1. The Balaban J connectivity index is 1.32. The number of nitrogens with zero attached hydrogens (tertiary/aromatic N) is 1. The maximum absolute atomic E-state index is 12.7. The predicted octanol–water partition coefficient (Wildman–Crippen LogP) is 3.63. The van der Waals surface area contributed by atoms with E-state index in [4.69, 9.17) is 4.74 Å². The lowest BCUT2D eigenvalue weighted by Crippen LogP contribution is -2.51. The first-order chi connectivity index (χ1) is 15.5. The van der Waals surface area contributed by atoms with Gasteiger partial charge in [0.05, 0.1) is 5.92 Å². The van der Waals surface area contributed by atoms with Crippen molar-refractivity contribution in [1.29, 1.82) is 0 Å². The number of rotatable bonds is 6. The quantitative estimate of drug-likeness (QED) is 0.721. The minimum atomic E-state index is -0.977. The number of alkyl carbamates (subject to hydrolysis) is 1. The standard InChI is InChI=1S/C25H28N2O5/c1-16(23(28)27-13-7-6-12-22(27)24(29)30)14-26-25(31)32-15-21-19-10-4-2-8-17(19)18-9-3-5-11-20(18)21/h2-5,8-11,16,21-22H,6-7,12-15H2,1H3,(H,26,31)(H,29,30). The zero-order valence-electron chi connectivity index (χ0n) is 18.1. The Labute approximate surface area is 187 Å². The van der Waals surface area contributed by atoms with E-state index in [1.807, 2.05) is 24.3 Å². The summed E-state index contributed by atoms with van der Waals surface area (Å²) < 4.78 is 5.51. The van der Waals surface area contributed by atoms with E-state index in [1.54, 1.807) is 6.92 Å². The van der Waals surface area contributed by atoms with Gasteiger partial charge in [0.1, 0.15) is 12.6 Å². The van der Waals surface area contributed by atoms with Gasteiger partial charge in [-0.2, -0.15) is 0 Å². The normalized spacial score (nSPS) is 18.4. The second-order valence-corrected chi connectivity index (χ2v) is 8.49. The molecular weight excluding hydrogens is 408 g/mol. The lowest BCUT2D eigenvalue weighted by atomic mass is 9.98. The number of nitrogens with one attached hydrogen (secondary N) is 1. The second-order valence-electron chi connectivity index (χ2n) is 8.49. The fraction of sp³-hybridized carbons (Fsp3) is 0.400. The number of fused-ring (bicyclic) bond motifs is 3. The molecule has 4 rings (SSSR count). The molecule has 7 heteroatoms. The Morgan fingerprint density at radius 1 is 1.06 bits per heavy atom. The molecule has 0 aromatic heterocycles. The second kappa shape index (κ2) is 9.42. The van der Waals surface area contributed by atoms with Gasteiger partial charge < -0.3 is 20.1 Å². The van der Waals surface area contributed by atoms with E-state index in [0.29, 0.717) is 13.0 Å². The van der Waals surface area contributed by atoms with Gasteiger partial charge >= 0.3 is 12.1 Å². The van der Waals surface area contributed by atoms with Crippen LogP contribution in [0, 0.1) is 5.92 Å². The summed E-state index contributed by atoms with van der Waals surface area (Å²) in [7, 11) is 0. The molecule has 0 spiro atoms. The molecular formula is C25H28N2O5. The van der Waals surface area contributed by atoms with Crippen molar-refractivity contribution in [2.24, 2.45) is 5.92 Å². The van der Waals surface area contributed by atoms with Crippen LogP contribution in [-0.4, -0.2) is 53.7 Å². The molecule has 1 fully saturated rings. The third-order valence-electron chi connectivity index (χ3n) is 6.39. The van der Waals surface area contributed by atoms with Crippen molar-refractivity contribution in [2.45, 2.75) is 38.1 Å². The zero-order chi connectivity index (χ0) is 22.7. The first-order valence-corrected chi connectivity index (χ1v) is 11.1. The molecule has 0 bridgehead atoms. The number of aliphatic carboxylic acids is 1. The van der Waals surface area contributed by atoms with E-state index in [2.05, 4.69) is 29.6 Å². The first kappa shape index (κ1) is 21.9. The number of ether oxygens (including phenoxy) is 1. The van der Waals surface area contributed by atoms with Crippen LogP contribution in [0.2, 0.25) is 0 Å². The molecule has 1 saturated heterocycles. The van der Waals surface area contributed by atoms with Crippen LogP contribution in [0.25, 0.3) is 11.1 Å². The number of hydrogen-bond acceptors (Lipinski definition) is 4. The fourth-order valence-corrected chi connectivity index (χ4v) is 4.71. The van der Waals surface area contributed by atoms with Crippen LogP contribution in [0.4, 0.5) is 4.79 Å². The Morgan fingerprint density at radius 3 is 2.31 bits per heavy atom. The number of carboxylic acid groups (broad SMARTS) is 1. The molecule has 2 atom stereocenters. The van der Waals surface area contributed by atoms with Gasteiger partial charge in [-0.05, 0) is 41.5 Å². The van der Waals surface area contributed by atoms with Crippen LogP contribution in [0.15, 0.2) is 48.5 Å². The van der Waals surface area contributed by atoms with Crippen LogP contribution in [-0.2, 0) is 14.3 Å². The number of benzene rings is 2. The summed E-state index contributed by atoms with van der Waals surface area (Å²) in [6.45, 7) is 2.43. The molecule has 2 aliphatic rings. The van der Waals surface area contributed by atoms with Crippen molar-refractivity contribution in [1.82, 2.24) is 10.2 Å². The first-order valence-electron chi connectivity index (χ1n) is 11.1. The molecule has 1 aliphatic heterocycles. The van der Waals surface area contributed by atoms with Crippen LogP contribution >= 0.6 is 0 Å². The smallest absolute Gasteiger partial charge is 0.407 e. The van der Waals surface area contributed by atoms with E-state index in [1.165, 1.54) is 4.90 Å². The fourth-order valence-electron chi connectivity index (χ4n) is 4.71. The molecule has 1 heterocycles. The largest absolute Gasteiger partial charge is 0.480 e. The van der Waals surface area contributed by atoms with Gasteiger partial charge in [-0.3, -0.25) is 4.79 Å². The molecule has 7 nitrogen and oxygen atoms in total. The average Bonchev–Trinajstić information content (AvgIpc) is 3.14. The highest BCUT2D eigenvalue weighted by atomic mass is 16.5. The van der Waals surface area contributed by atoms with Gasteiger partial charge in [-0.15, -0.1) is 0 Å². The Morgan fingerprint density at radius 2 is 1.69 bits per heavy atom. The van der Waals surface area contributed by atoms with Crippen molar-refractivity contribution in [3.8, 4) is 11.1 Å². The lowest BCUT2D eigenvalue weighted by molar-refractivity contribution is -0.153. The number of amides is 2. The van der Waals surface area contributed by atoms with Gasteiger partial charge in [-0.1, -0.05) is 55.5 Å². The van der Waals surface area contributed by atoms with Crippen molar-refractivity contribution in [3.05, 3.63) is 59.7 Å². The van der Waals surface area contributed by atoms with Gasteiger partial charge in [0, 0.05) is 19.0 Å². The molecule has 2 unspecified atom stereocenters. The average molecular weight is 437 g/mol. The van der Waals surface area contributed by atoms with E-state index >= 15 is 0 Å². The zero-order valence-corrected chi connectivity index (χ0v) is 18.1. The van der Waals surface area contributed by atoms with E-state index in [0.717, 1.165) is 35.1 Å². The Bertz CT molecular complexity index is 975. The summed E-state index contributed by atoms with van der Waals surface area (Å²) in [5.41, 5.74) is 4.58. The summed E-state index contributed by atoms with van der Waals surface area (Å²) in [6, 6.07) is 15.4. The summed E-state index contributed by atoms with van der Waals surface area (Å²) in [5, 5.41) is 12.0. The molecule has 2 amide bonds. The molecule has 1 aliphatic carbocycles. The Hall–Kier alpha value is -3.35. The summed E-state index contributed by atoms with van der Waals surface area (Å²) in [4.78, 5) is 38.0. The number of carbonyl (C=O) groups excluding carboxylic acids is 2. The molecule has 0 radical (unpaired) electrons. The van der Waals surface area contributed by atoms with Gasteiger partial charge in [0.25, 0.3) is 0 Å². The van der Waals surface area contributed by atoms with Crippen LogP contribution in [0.3, 0.4) is 0 Å². The van der Waals surface area contributed by atoms with Gasteiger partial charge in [-0.25, -0.2) is 9.59 Å². The highest BCUT2D eigenvalue weighted by Gasteiger charge is 2.34. The third kappa shape index (κ3) is 4.33. The lowest BCUT2D eigenvalue weighted by Gasteiger charge is -2.34. The molecule has 2 N–H and O–H groups in total. The third-order valence-corrected chi connectivity index (χ3v) is 6.39. The van der Waals surface area contributed by atoms with E-state index < -0.39 is 24.0 Å². The maximum atomic E-state index is 12.7. The van der Waals surface area contributed by atoms with Crippen LogP contribution in [0.5, 0.6) is 0 Å².